The number of nitrogens with two attached hydrogens (primary N) is 1. The van der Waals surface area contributed by atoms with Crippen LogP contribution >= 0.6 is 0 Å². The summed E-state index contributed by atoms with van der Waals surface area (Å²) in [7, 11) is 0. The summed E-state index contributed by atoms with van der Waals surface area (Å²) in [6.07, 6.45) is 5.00. The number of hydrogen-bond acceptors (Lipinski definition) is 2. The molecule has 0 aromatic heterocycles. The molecule has 0 fully saturated rings. The van der Waals surface area contributed by atoms with E-state index in [2.05, 4.69) is 39.8 Å². The molecule has 0 radical (unpaired) electrons. The summed E-state index contributed by atoms with van der Waals surface area (Å²) < 4.78 is 6.13. The largest absolute Gasteiger partial charge is 0.493 e. The summed E-state index contributed by atoms with van der Waals surface area (Å²) in [5.41, 5.74) is 9.20. The van der Waals surface area contributed by atoms with Gasteiger partial charge in [-0.15, -0.1) is 0 Å². The lowest BCUT2D eigenvalue weighted by atomic mass is 9.98. The summed E-state index contributed by atoms with van der Waals surface area (Å²) >= 11 is 0. The molecule has 2 nitrogen and oxygen atoms in total. The second kappa shape index (κ2) is 8.18. The maximum atomic E-state index is 6.13. The van der Waals surface area contributed by atoms with Crippen molar-refractivity contribution in [3.63, 3.8) is 0 Å². The van der Waals surface area contributed by atoms with Gasteiger partial charge in [0.1, 0.15) is 5.75 Å². The zero-order valence-electron chi connectivity index (χ0n) is 13.8. The fraction of sp³-hybridized carbons (Fsp3) is 0.667. The van der Waals surface area contributed by atoms with Crippen molar-refractivity contribution in [3.8, 4) is 5.75 Å². The molecule has 0 heterocycles. The van der Waals surface area contributed by atoms with Crippen LogP contribution in [0.25, 0.3) is 0 Å². The van der Waals surface area contributed by atoms with E-state index in [4.69, 9.17) is 10.5 Å². The van der Waals surface area contributed by atoms with Crippen LogP contribution in [0.3, 0.4) is 0 Å². The molecule has 0 aliphatic carbocycles. The van der Waals surface area contributed by atoms with Gasteiger partial charge in [-0.1, -0.05) is 47.0 Å². The van der Waals surface area contributed by atoms with Crippen molar-refractivity contribution in [1.29, 1.82) is 0 Å². The van der Waals surface area contributed by atoms with Gasteiger partial charge in [0.05, 0.1) is 6.61 Å². The Morgan fingerprint density at radius 2 is 1.90 bits per heavy atom. The van der Waals surface area contributed by atoms with E-state index in [1.54, 1.807) is 0 Å². The van der Waals surface area contributed by atoms with Gasteiger partial charge in [-0.25, -0.2) is 0 Å². The summed E-state index contributed by atoms with van der Waals surface area (Å²) in [5, 5.41) is 0. The van der Waals surface area contributed by atoms with Crippen molar-refractivity contribution >= 4 is 5.69 Å². The number of hydrogen-bond donors (Lipinski definition) is 1. The zero-order chi connectivity index (χ0) is 15.1. The second-order valence-electron chi connectivity index (χ2n) is 6.13. The third-order valence-electron chi connectivity index (χ3n) is 4.04. The SMILES string of the molecule is CCCCC(CC)COc1cc(C)c(N)cc1C(C)C. The van der Waals surface area contributed by atoms with Gasteiger partial charge in [-0.05, 0) is 48.4 Å². The highest BCUT2D eigenvalue weighted by Gasteiger charge is 2.13. The number of rotatable bonds is 8. The molecule has 1 aromatic carbocycles. The first-order valence-electron chi connectivity index (χ1n) is 8.02. The molecule has 1 aromatic rings. The molecule has 0 spiro atoms. The molecule has 2 heteroatoms. The van der Waals surface area contributed by atoms with E-state index in [1.807, 2.05) is 6.92 Å². The third kappa shape index (κ3) is 4.73. The van der Waals surface area contributed by atoms with E-state index in [0.717, 1.165) is 23.6 Å². The van der Waals surface area contributed by atoms with E-state index in [1.165, 1.54) is 31.2 Å². The average Bonchev–Trinajstić information content (AvgIpc) is 2.42. The molecule has 1 atom stereocenters. The molecule has 2 N–H and O–H groups in total. The number of ether oxygens (including phenoxy) is 1. The first-order chi connectivity index (χ1) is 9.49. The molecule has 0 amide bonds. The smallest absolute Gasteiger partial charge is 0.123 e. The number of anilines is 1. The highest BCUT2D eigenvalue weighted by Crippen LogP contribution is 2.31. The van der Waals surface area contributed by atoms with Gasteiger partial charge in [-0.3, -0.25) is 0 Å². The van der Waals surface area contributed by atoms with Crippen LogP contribution in [0.1, 0.15) is 70.4 Å². The van der Waals surface area contributed by atoms with Crippen LogP contribution in [0.5, 0.6) is 5.75 Å². The molecular weight excluding hydrogens is 246 g/mol. The Kier molecular flexibility index (Phi) is 6.90. The van der Waals surface area contributed by atoms with Crippen LogP contribution in [-0.4, -0.2) is 6.61 Å². The van der Waals surface area contributed by atoms with Gasteiger partial charge in [0, 0.05) is 5.69 Å². The average molecular weight is 277 g/mol. The van der Waals surface area contributed by atoms with Crippen molar-refractivity contribution in [1.82, 2.24) is 0 Å². The Morgan fingerprint density at radius 1 is 1.20 bits per heavy atom. The van der Waals surface area contributed by atoms with Crippen LogP contribution in [0.15, 0.2) is 12.1 Å². The molecular formula is C18H31NO. The van der Waals surface area contributed by atoms with Gasteiger partial charge in [0.25, 0.3) is 0 Å². The van der Waals surface area contributed by atoms with Crippen molar-refractivity contribution in [2.24, 2.45) is 5.92 Å². The number of nitrogen functional groups attached to an aromatic ring is 1. The summed E-state index contributed by atoms with van der Waals surface area (Å²) in [4.78, 5) is 0. The standard InChI is InChI=1S/C18H31NO/c1-6-8-9-15(7-2)12-20-18-10-14(5)17(19)11-16(18)13(3)4/h10-11,13,15H,6-9,12,19H2,1-5H3. The Labute approximate surface area is 124 Å². The number of aryl methyl sites for hydroxylation is 1. The predicted octanol–water partition coefficient (Wildman–Crippen LogP) is 5.30. The molecule has 0 aliphatic rings. The Bertz CT molecular complexity index is 412. The van der Waals surface area contributed by atoms with Crippen LogP contribution in [-0.2, 0) is 0 Å². The minimum Gasteiger partial charge on any atom is -0.493 e. The lowest BCUT2D eigenvalue weighted by molar-refractivity contribution is 0.231. The van der Waals surface area contributed by atoms with Crippen molar-refractivity contribution in [2.75, 3.05) is 12.3 Å². The normalized spacial score (nSPS) is 12.7. The fourth-order valence-corrected chi connectivity index (χ4v) is 2.40. The van der Waals surface area contributed by atoms with E-state index in [9.17, 15) is 0 Å². The quantitative estimate of drug-likeness (QED) is 0.655. The van der Waals surface area contributed by atoms with Gasteiger partial charge < -0.3 is 10.5 Å². The van der Waals surface area contributed by atoms with Gasteiger partial charge in [0.15, 0.2) is 0 Å². The zero-order valence-corrected chi connectivity index (χ0v) is 13.8. The third-order valence-corrected chi connectivity index (χ3v) is 4.04. The first-order valence-corrected chi connectivity index (χ1v) is 8.02. The maximum Gasteiger partial charge on any atom is 0.123 e. The van der Waals surface area contributed by atoms with E-state index in [0.29, 0.717) is 11.8 Å². The lowest BCUT2D eigenvalue weighted by Crippen LogP contribution is -2.13. The van der Waals surface area contributed by atoms with Crippen molar-refractivity contribution in [2.45, 2.75) is 66.2 Å². The van der Waals surface area contributed by atoms with Crippen LogP contribution in [0.4, 0.5) is 5.69 Å². The molecule has 1 rings (SSSR count). The van der Waals surface area contributed by atoms with Gasteiger partial charge >= 0.3 is 0 Å². The molecule has 1 unspecified atom stereocenters. The van der Waals surface area contributed by atoms with E-state index >= 15 is 0 Å². The first kappa shape index (κ1) is 16.9. The van der Waals surface area contributed by atoms with E-state index < -0.39 is 0 Å². The molecule has 20 heavy (non-hydrogen) atoms. The Morgan fingerprint density at radius 3 is 2.45 bits per heavy atom. The maximum absolute atomic E-state index is 6.13. The van der Waals surface area contributed by atoms with Gasteiger partial charge in [0.2, 0.25) is 0 Å². The molecule has 0 bridgehead atoms. The monoisotopic (exact) mass is 277 g/mol. The Balaban J connectivity index is 2.77. The summed E-state index contributed by atoms with van der Waals surface area (Å²) in [6, 6.07) is 4.17. The summed E-state index contributed by atoms with van der Waals surface area (Å²) in [5.74, 6) is 2.11. The van der Waals surface area contributed by atoms with Crippen LogP contribution in [0, 0.1) is 12.8 Å². The lowest BCUT2D eigenvalue weighted by Gasteiger charge is -2.20. The van der Waals surface area contributed by atoms with Crippen molar-refractivity contribution in [3.05, 3.63) is 23.3 Å². The molecule has 0 saturated heterocycles. The minimum absolute atomic E-state index is 0.434. The fourth-order valence-electron chi connectivity index (χ4n) is 2.40. The summed E-state index contributed by atoms with van der Waals surface area (Å²) in [6.45, 7) is 11.7. The topological polar surface area (TPSA) is 35.2 Å². The minimum atomic E-state index is 0.434. The highest BCUT2D eigenvalue weighted by atomic mass is 16.5. The van der Waals surface area contributed by atoms with E-state index in [-0.39, 0.29) is 0 Å². The predicted molar refractivity (Wildman–Crippen MR) is 88.5 cm³/mol. The Hall–Kier alpha value is -1.18. The molecule has 0 aliphatic heterocycles. The molecule has 0 saturated carbocycles. The van der Waals surface area contributed by atoms with Gasteiger partial charge in [-0.2, -0.15) is 0 Å². The van der Waals surface area contributed by atoms with Crippen LogP contribution < -0.4 is 10.5 Å². The number of benzene rings is 1. The second-order valence-corrected chi connectivity index (χ2v) is 6.13. The van der Waals surface area contributed by atoms with Crippen LogP contribution in [0.2, 0.25) is 0 Å². The van der Waals surface area contributed by atoms with Crippen molar-refractivity contribution < 1.29 is 4.74 Å². The molecule has 114 valence electrons. The highest BCUT2D eigenvalue weighted by molar-refractivity contribution is 5.55. The number of unbranched alkanes of at least 4 members (excludes halogenated alkanes) is 1.